The van der Waals surface area contributed by atoms with Gasteiger partial charge in [0, 0.05) is 16.3 Å². The Balaban J connectivity index is 1.90. The number of ether oxygens (including phenoxy) is 1. The second-order valence-electron chi connectivity index (χ2n) is 4.99. The number of aryl methyl sites for hydroxylation is 1. The zero-order valence-electron chi connectivity index (χ0n) is 11.6. The average Bonchev–Trinajstić information content (AvgIpc) is 3.04. The van der Waals surface area contributed by atoms with Crippen molar-refractivity contribution in [1.29, 1.82) is 0 Å². The minimum atomic E-state index is 0.225. The van der Waals surface area contributed by atoms with E-state index in [0.717, 1.165) is 40.4 Å². The Morgan fingerprint density at radius 1 is 1.50 bits per heavy atom. The number of hydrogen-bond acceptors (Lipinski definition) is 4. The maximum absolute atomic E-state index is 5.80. The Hall–Kier alpha value is -0.910. The van der Waals surface area contributed by atoms with Gasteiger partial charge in [-0.3, -0.25) is 0 Å². The van der Waals surface area contributed by atoms with Gasteiger partial charge >= 0.3 is 0 Å². The molecule has 1 aliphatic rings. The number of halogens is 1. The van der Waals surface area contributed by atoms with Crippen molar-refractivity contribution >= 4 is 27.3 Å². The minimum Gasteiger partial charge on any atom is -0.493 e. The van der Waals surface area contributed by atoms with Gasteiger partial charge in [0.1, 0.15) is 5.75 Å². The Bertz CT molecular complexity index is 626. The van der Waals surface area contributed by atoms with Gasteiger partial charge < -0.3 is 10.1 Å². The molecule has 1 aromatic heterocycles. The lowest BCUT2D eigenvalue weighted by molar-refractivity contribution is 0.352. The van der Waals surface area contributed by atoms with Gasteiger partial charge in [-0.1, -0.05) is 15.9 Å². The lowest BCUT2D eigenvalue weighted by Crippen LogP contribution is -2.19. The van der Waals surface area contributed by atoms with Gasteiger partial charge in [-0.05, 0) is 43.7 Å². The summed E-state index contributed by atoms with van der Waals surface area (Å²) in [6.45, 7) is 2.83. The molecule has 0 aliphatic carbocycles. The number of hydrogen-bond donors (Lipinski definition) is 1. The van der Waals surface area contributed by atoms with Crippen molar-refractivity contribution in [1.82, 2.24) is 10.3 Å². The van der Waals surface area contributed by atoms with Crippen LogP contribution >= 0.6 is 27.3 Å². The summed E-state index contributed by atoms with van der Waals surface area (Å²) in [5.41, 5.74) is 3.66. The number of thiazole rings is 1. The monoisotopic (exact) mass is 352 g/mol. The Kier molecular flexibility index (Phi) is 4.10. The number of fused-ring (bicyclic) bond motifs is 1. The highest BCUT2D eigenvalue weighted by atomic mass is 79.9. The second-order valence-corrected chi connectivity index (χ2v) is 6.97. The molecule has 2 heterocycles. The summed E-state index contributed by atoms with van der Waals surface area (Å²) in [6, 6.07) is 4.54. The number of nitrogens with one attached hydrogen (secondary N) is 1. The fourth-order valence-corrected chi connectivity index (χ4v) is 3.83. The molecule has 0 bridgehead atoms. The fraction of sp³-hybridized carbons (Fsp3) is 0.400. The quantitative estimate of drug-likeness (QED) is 0.911. The normalized spacial score (nSPS) is 14.9. The molecule has 1 unspecified atom stereocenters. The number of likely N-dealkylation sites (N-methyl/N-ethyl adjacent to an activating group) is 1. The third-order valence-electron chi connectivity index (χ3n) is 3.59. The van der Waals surface area contributed by atoms with Crippen LogP contribution in [0.25, 0.3) is 0 Å². The van der Waals surface area contributed by atoms with E-state index in [1.54, 1.807) is 11.3 Å². The molecule has 5 heteroatoms. The highest BCUT2D eigenvalue weighted by Crippen LogP contribution is 2.35. The summed E-state index contributed by atoms with van der Waals surface area (Å²) in [4.78, 5) is 4.60. The predicted molar refractivity (Wildman–Crippen MR) is 85.7 cm³/mol. The van der Waals surface area contributed by atoms with Gasteiger partial charge in [-0.15, -0.1) is 11.3 Å². The van der Waals surface area contributed by atoms with E-state index < -0.39 is 0 Å². The van der Waals surface area contributed by atoms with Crippen molar-refractivity contribution in [2.45, 2.75) is 25.8 Å². The van der Waals surface area contributed by atoms with Crippen LogP contribution in [0.4, 0.5) is 0 Å². The summed E-state index contributed by atoms with van der Waals surface area (Å²) in [5, 5.41) is 6.61. The van der Waals surface area contributed by atoms with Crippen molar-refractivity contribution < 1.29 is 4.74 Å². The number of rotatable bonds is 4. The summed E-state index contributed by atoms with van der Waals surface area (Å²) in [5.74, 6) is 1.07. The van der Waals surface area contributed by atoms with Crippen LogP contribution < -0.4 is 10.1 Å². The first-order chi connectivity index (χ1) is 9.67. The third-order valence-corrected chi connectivity index (χ3v) is 4.84. The first-order valence-corrected chi connectivity index (χ1v) is 8.38. The highest BCUT2D eigenvalue weighted by Gasteiger charge is 2.21. The Morgan fingerprint density at radius 3 is 3.05 bits per heavy atom. The molecule has 3 nitrogen and oxygen atoms in total. The van der Waals surface area contributed by atoms with Gasteiger partial charge in [0.05, 0.1) is 23.4 Å². The molecule has 0 fully saturated rings. The van der Waals surface area contributed by atoms with Crippen molar-refractivity contribution in [3.63, 3.8) is 0 Å². The highest BCUT2D eigenvalue weighted by molar-refractivity contribution is 9.10. The van der Waals surface area contributed by atoms with Crippen LogP contribution in [0.15, 0.2) is 22.0 Å². The largest absolute Gasteiger partial charge is 0.493 e. The van der Waals surface area contributed by atoms with Crippen LogP contribution in [-0.4, -0.2) is 18.6 Å². The van der Waals surface area contributed by atoms with Crippen LogP contribution in [0.1, 0.15) is 27.9 Å². The van der Waals surface area contributed by atoms with Crippen LogP contribution in [0.2, 0.25) is 0 Å². The first kappa shape index (κ1) is 14.0. The predicted octanol–water partition coefficient (Wildman–Crippen LogP) is 3.65. The average molecular weight is 353 g/mol. The summed E-state index contributed by atoms with van der Waals surface area (Å²) in [7, 11) is 1.98. The molecular weight excluding hydrogens is 336 g/mol. The molecule has 20 heavy (non-hydrogen) atoms. The van der Waals surface area contributed by atoms with Gasteiger partial charge in [-0.25, -0.2) is 4.98 Å². The van der Waals surface area contributed by atoms with Crippen LogP contribution in [0.5, 0.6) is 5.75 Å². The molecule has 106 valence electrons. The van der Waals surface area contributed by atoms with Gasteiger partial charge in [0.25, 0.3) is 0 Å². The van der Waals surface area contributed by atoms with Crippen molar-refractivity contribution in [3.8, 4) is 5.75 Å². The Labute approximate surface area is 131 Å². The first-order valence-electron chi connectivity index (χ1n) is 6.70. The number of nitrogens with zero attached hydrogens (tertiary/aromatic N) is 1. The topological polar surface area (TPSA) is 34.1 Å². The zero-order chi connectivity index (χ0) is 14.1. The van der Waals surface area contributed by atoms with Crippen LogP contribution in [0, 0.1) is 6.92 Å². The molecule has 0 saturated heterocycles. The van der Waals surface area contributed by atoms with Gasteiger partial charge in [0.2, 0.25) is 0 Å². The van der Waals surface area contributed by atoms with Gasteiger partial charge in [-0.2, -0.15) is 0 Å². The van der Waals surface area contributed by atoms with Crippen molar-refractivity contribution in [3.05, 3.63) is 43.8 Å². The maximum Gasteiger partial charge on any atom is 0.125 e. The number of benzene rings is 1. The van der Waals surface area contributed by atoms with E-state index in [1.165, 1.54) is 11.1 Å². The Morgan fingerprint density at radius 2 is 2.35 bits per heavy atom. The van der Waals surface area contributed by atoms with Crippen molar-refractivity contribution in [2.75, 3.05) is 13.7 Å². The lowest BCUT2D eigenvalue weighted by atomic mass is 10.0. The SMILES string of the molecule is CNC(Cc1cc(Br)cc2c1OCC2)c1csc(C)n1. The maximum atomic E-state index is 5.80. The molecule has 0 saturated carbocycles. The lowest BCUT2D eigenvalue weighted by Gasteiger charge is -2.16. The van der Waals surface area contributed by atoms with Crippen molar-refractivity contribution in [2.24, 2.45) is 0 Å². The summed E-state index contributed by atoms with van der Waals surface area (Å²) < 4.78 is 6.93. The molecule has 2 aromatic rings. The van der Waals surface area contributed by atoms with E-state index in [4.69, 9.17) is 4.74 Å². The van der Waals surface area contributed by atoms with Crippen LogP contribution in [0.3, 0.4) is 0 Å². The molecule has 1 atom stereocenters. The van der Waals surface area contributed by atoms with Gasteiger partial charge in [0.15, 0.2) is 0 Å². The van der Waals surface area contributed by atoms with E-state index in [0.29, 0.717) is 0 Å². The molecule has 1 aromatic carbocycles. The molecule has 3 rings (SSSR count). The van der Waals surface area contributed by atoms with E-state index in [1.807, 2.05) is 14.0 Å². The second kappa shape index (κ2) is 5.84. The molecule has 0 radical (unpaired) electrons. The summed E-state index contributed by atoms with van der Waals surface area (Å²) >= 11 is 5.29. The van der Waals surface area contributed by atoms with E-state index in [-0.39, 0.29) is 6.04 Å². The summed E-state index contributed by atoms with van der Waals surface area (Å²) in [6.07, 6.45) is 1.89. The molecule has 0 spiro atoms. The fourth-order valence-electron chi connectivity index (χ4n) is 2.61. The van der Waals surface area contributed by atoms with E-state index in [9.17, 15) is 0 Å². The number of aromatic nitrogens is 1. The molecule has 0 amide bonds. The molecule has 1 N–H and O–H groups in total. The van der Waals surface area contributed by atoms with E-state index in [2.05, 4.69) is 43.7 Å². The van der Waals surface area contributed by atoms with E-state index >= 15 is 0 Å². The zero-order valence-corrected chi connectivity index (χ0v) is 14.0. The smallest absolute Gasteiger partial charge is 0.125 e. The minimum absolute atomic E-state index is 0.225. The molecule has 1 aliphatic heterocycles. The third kappa shape index (κ3) is 2.75. The standard InChI is InChI=1S/C15H17BrN2OS/c1-9-18-14(8-20-9)13(17-2)7-11-6-12(16)5-10-3-4-19-15(10)11/h5-6,8,13,17H,3-4,7H2,1-2H3. The van der Waals surface area contributed by atoms with Crippen LogP contribution in [-0.2, 0) is 12.8 Å². The molecular formula is C15H17BrN2OS.